The SMILES string of the molecule is COc1nc(NCCO)nc(-c2cccc(N)c2)n1. The number of ether oxygens (including phenoxy) is 1. The molecule has 0 radical (unpaired) electrons. The van der Waals surface area contributed by atoms with Crippen molar-refractivity contribution in [3.8, 4) is 17.4 Å². The smallest absolute Gasteiger partial charge is 0.321 e. The fraction of sp³-hybridized carbons (Fsp3) is 0.250. The third kappa shape index (κ3) is 3.29. The first-order valence-corrected chi connectivity index (χ1v) is 5.73. The number of aliphatic hydroxyl groups excluding tert-OH is 1. The highest BCUT2D eigenvalue weighted by Gasteiger charge is 2.08. The molecule has 1 aromatic heterocycles. The minimum absolute atomic E-state index is 0.0123. The van der Waals surface area contributed by atoms with Crippen LogP contribution in [0, 0.1) is 0 Å². The number of nitrogens with two attached hydrogens (primary N) is 1. The van der Waals surface area contributed by atoms with Crippen LogP contribution in [-0.4, -0.2) is 40.3 Å². The van der Waals surface area contributed by atoms with E-state index in [0.717, 1.165) is 5.56 Å². The van der Waals surface area contributed by atoms with Crippen LogP contribution >= 0.6 is 0 Å². The molecule has 0 bridgehead atoms. The van der Waals surface area contributed by atoms with Gasteiger partial charge in [-0.3, -0.25) is 0 Å². The Morgan fingerprint density at radius 3 is 2.84 bits per heavy atom. The molecule has 4 N–H and O–H groups in total. The Morgan fingerprint density at radius 2 is 2.16 bits per heavy atom. The molecule has 0 aliphatic heterocycles. The average molecular weight is 261 g/mol. The molecule has 100 valence electrons. The van der Waals surface area contributed by atoms with Crippen molar-refractivity contribution < 1.29 is 9.84 Å². The molecule has 0 aliphatic carbocycles. The second-order valence-corrected chi connectivity index (χ2v) is 3.75. The molecule has 0 unspecified atom stereocenters. The van der Waals surface area contributed by atoms with Gasteiger partial charge in [-0.15, -0.1) is 0 Å². The summed E-state index contributed by atoms with van der Waals surface area (Å²) in [6.07, 6.45) is 0. The maximum atomic E-state index is 8.80. The number of nitrogens with one attached hydrogen (secondary N) is 1. The number of anilines is 2. The van der Waals surface area contributed by atoms with Crippen LogP contribution in [-0.2, 0) is 0 Å². The van der Waals surface area contributed by atoms with Crippen molar-refractivity contribution in [1.29, 1.82) is 0 Å². The van der Waals surface area contributed by atoms with Gasteiger partial charge in [-0.25, -0.2) is 0 Å². The number of methoxy groups -OCH3 is 1. The van der Waals surface area contributed by atoms with Crippen LogP contribution in [0.2, 0.25) is 0 Å². The zero-order valence-electron chi connectivity index (χ0n) is 10.5. The molecule has 0 saturated heterocycles. The van der Waals surface area contributed by atoms with Crippen LogP contribution in [0.5, 0.6) is 6.01 Å². The minimum atomic E-state index is -0.0123. The third-order valence-electron chi connectivity index (χ3n) is 2.34. The van der Waals surface area contributed by atoms with Gasteiger partial charge < -0.3 is 20.9 Å². The molecule has 19 heavy (non-hydrogen) atoms. The Hall–Kier alpha value is -2.41. The van der Waals surface area contributed by atoms with E-state index >= 15 is 0 Å². The van der Waals surface area contributed by atoms with Gasteiger partial charge in [0.05, 0.1) is 13.7 Å². The molecule has 0 fully saturated rings. The van der Waals surface area contributed by atoms with Crippen molar-refractivity contribution in [3.05, 3.63) is 24.3 Å². The molecule has 0 atom stereocenters. The molecular weight excluding hydrogens is 246 g/mol. The zero-order valence-corrected chi connectivity index (χ0v) is 10.5. The summed E-state index contributed by atoms with van der Waals surface area (Å²) < 4.78 is 5.03. The highest BCUT2D eigenvalue weighted by Crippen LogP contribution is 2.20. The number of nitrogen functional groups attached to an aromatic ring is 1. The van der Waals surface area contributed by atoms with E-state index in [1.165, 1.54) is 7.11 Å². The van der Waals surface area contributed by atoms with Gasteiger partial charge in [0.2, 0.25) is 5.95 Å². The van der Waals surface area contributed by atoms with E-state index in [-0.39, 0.29) is 12.6 Å². The first-order valence-electron chi connectivity index (χ1n) is 5.73. The van der Waals surface area contributed by atoms with E-state index in [1.54, 1.807) is 12.1 Å². The quantitative estimate of drug-likeness (QED) is 0.674. The Labute approximate surface area is 110 Å². The van der Waals surface area contributed by atoms with E-state index in [1.807, 2.05) is 12.1 Å². The van der Waals surface area contributed by atoms with Gasteiger partial charge in [-0.1, -0.05) is 12.1 Å². The lowest BCUT2D eigenvalue weighted by Gasteiger charge is -2.07. The topological polar surface area (TPSA) is 106 Å². The molecule has 2 aromatic rings. The van der Waals surface area contributed by atoms with Gasteiger partial charge in [-0.2, -0.15) is 15.0 Å². The van der Waals surface area contributed by atoms with Crippen molar-refractivity contribution in [2.24, 2.45) is 0 Å². The predicted octanol–water partition coefficient (Wildman–Crippen LogP) is 0.534. The van der Waals surface area contributed by atoms with Crippen LogP contribution in [0.4, 0.5) is 11.6 Å². The summed E-state index contributed by atoms with van der Waals surface area (Å²) in [5.74, 6) is 0.804. The summed E-state index contributed by atoms with van der Waals surface area (Å²) in [6, 6.07) is 7.42. The summed E-state index contributed by atoms with van der Waals surface area (Å²) in [7, 11) is 1.48. The highest BCUT2D eigenvalue weighted by molar-refractivity contribution is 5.61. The van der Waals surface area contributed by atoms with Gasteiger partial charge in [0.25, 0.3) is 0 Å². The molecule has 0 amide bonds. The monoisotopic (exact) mass is 261 g/mol. The van der Waals surface area contributed by atoms with Crippen LogP contribution < -0.4 is 15.8 Å². The molecule has 0 spiro atoms. The van der Waals surface area contributed by atoms with Crippen molar-refractivity contribution in [2.45, 2.75) is 0 Å². The van der Waals surface area contributed by atoms with Crippen LogP contribution in [0.25, 0.3) is 11.4 Å². The molecule has 2 rings (SSSR count). The van der Waals surface area contributed by atoms with Gasteiger partial charge in [0.1, 0.15) is 0 Å². The standard InChI is InChI=1S/C12H15N5O2/c1-19-12-16-10(8-3-2-4-9(13)7-8)15-11(17-12)14-5-6-18/h2-4,7,18H,5-6,13H2,1H3,(H,14,15,16,17). The number of aliphatic hydroxyl groups is 1. The van der Waals surface area contributed by atoms with Gasteiger partial charge in [0.15, 0.2) is 5.82 Å². The van der Waals surface area contributed by atoms with Crippen LogP contribution in [0.15, 0.2) is 24.3 Å². The van der Waals surface area contributed by atoms with Crippen LogP contribution in [0.3, 0.4) is 0 Å². The second kappa shape index (κ2) is 5.96. The van der Waals surface area contributed by atoms with Crippen molar-refractivity contribution >= 4 is 11.6 Å². The molecule has 0 saturated carbocycles. The average Bonchev–Trinajstić information content (AvgIpc) is 2.44. The number of aromatic nitrogens is 3. The fourth-order valence-corrected chi connectivity index (χ4v) is 1.50. The Morgan fingerprint density at radius 1 is 1.32 bits per heavy atom. The lowest BCUT2D eigenvalue weighted by atomic mass is 10.2. The second-order valence-electron chi connectivity index (χ2n) is 3.75. The van der Waals surface area contributed by atoms with Crippen LogP contribution in [0.1, 0.15) is 0 Å². The maximum absolute atomic E-state index is 8.80. The lowest BCUT2D eigenvalue weighted by Crippen LogP contribution is -2.10. The number of benzene rings is 1. The van der Waals surface area contributed by atoms with Gasteiger partial charge in [-0.05, 0) is 12.1 Å². The van der Waals surface area contributed by atoms with E-state index in [9.17, 15) is 0 Å². The Balaban J connectivity index is 2.38. The van der Waals surface area contributed by atoms with Gasteiger partial charge >= 0.3 is 6.01 Å². The van der Waals surface area contributed by atoms with Crippen molar-refractivity contribution in [1.82, 2.24) is 15.0 Å². The number of hydrogen-bond donors (Lipinski definition) is 3. The summed E-state index contributed by atoms with van der Waals surface area (Å²) in [6.45, 7) is 0.338. The van der Waals surface area contributed by atoms with Crippen molar-refractivity contribution in [3.63, 3.8) is 0 Å². The largest absolute Gasteiger partial charge is 0.467 e. The molecule has 1 heterocycles. The molecule has 0 aliphatic rings. The first kappa shape index (κ1) is 13.0. The molecule has 1 aromatic carbocycles. The fourth-order valence-electron chi connectivity index (χ4n) is 1.50. The summed E-state index contributed by atoms with van der Waals surface area (Å²) >= 11 is 0. The highest BCUT2D eigenvalue weighted by atomic mass is 16.5. The number of rotatable bonds is 5. The van der Waals surface area contributed by atoms with E-state index in [4.69, 9.17) is 15.6 Å². The first-order chi connectivity index (χ1) is 9.22. The van der Waals surface area contributed by atoms with E-state index in [2.05, 4.69) is 20.3 Å². The minimum Gasteiger partial charge on any atom is -0.467 e. The van der Waals surface area contributed by atoms with Crippen molar-refractivity contribution in [2.75, 3.05) is 31.3 Å². The summed E-state index contributed by atoms with van der Waals surface area (Å²) in [5, 5.41) is 11.7. The zero-order chi connectivity index (χ0) is 13.7. The van der Waals surface area contributed by atoms with Gasteiger partial charge in [0, 0.05) is 17.8 Å². The Bertz CT molecular complexity index is 562. The van der Waals surface area contributed by atoms with E-state index < -0.39 is 0 Å². The predicted molar refractivity (Wildman–Crippen MR) is 71.8 cm³/mol. The number of nitrogens with zero attached hydrogens (tertiary/aromatic N) is 3. The maximum Gasteiger partial charge on any atom is 0.321 e. The summed E-state index contributed by atoms with van der Waals surface area (Å²) in [5.41, 5.74) is 7.13. The van der Waals surface area contributed by atoms with E-state index in [0.29, 0.717) is 24.0 Å². The summed E-state index contributed by atoms with van der Waals surface area (Å²) in [4.78, 5) is 12.5. The normalized spacial score (nSPS) is 10.2. The third-order valence-corrected chi connectivity index (χ3v) is 2.34. The Kier molecular flexibility index (Phi) is 4.09. The molecule has 7 heteroatoms. The molecular formula is C12H15N5O2. The molecule has 7 nitrogen and oxygen atoms in total. The number of hydrogen-bond acceptors (Lipinski definition) is 7. The lowest BCUT2D eigenvalue weighted by molar-refractivity contribution is 0.310.